The predicted molar refractivity (Wildman–Crippen MR) is 57.4 cm³/mol. The minimum Gasteiger partial charge on any atom is -0.345 e. The van der Waals surface area contributed by atoms with Crippen LogP contribution in [0.15, 0.2) is 18.5 Å². The zero-order valence-corrected chi connectivity index (χ0v) is 9.06. The molecule has 1 N–H and O–H groups in total. The maximum absolute atomic E-state index is 11.6. The Labute approximate surface area is 93.5 Å². The molecule has 1 aliphatic heterocycles. The van der Waals surface area contributed by atoms with Crippen molar-refractivity contribution in [3.63, 3.8) is 0 Å². The van der Waals surface area contributed by atoms with Gasteiger partial charge in [-0.05, 0) is 24.1 Å². The quantitative estimate of drug-likeness (QED) is 0.752. The zero-order valence-electron chi connectivity index (χ0n) is 9.06. The number of carbonyl (C=O) groups is 2. The number of rotatable bonds is 2. The summed E-state index contributed by atoms with van der Waals surface area (Å²) in [6, 6.07) is 1.87. The van der Waals surface area contributed by atoms with Crippen molar-refractivity contribution in [3.05, 3.63) is 29.6 Å². The Morgan fingerprint density at radius 1 is 1.50 bits per heavy atom. The van der Waals surface area contributed by atoms with Crippen LogP contribution in [0.5, 0.6) is 0 Å². The normalized spacial score (nSPS) is 16.2. The fourth-order valence-electron chi connectivity index (χ4n) is 1.63. The molecule has 0 aromatic carbocycles. The molecule has 1 saturated heterocycles. The van der Waals surface area contributed by atoms with Gasteiger partial charge in [0.25, 0.3) is 0 Å². The smallest absolute Gasteiger partial charge is 0.242 e. The van der Waals surface area contributed by atoms with Crippen LogP contribution in [-0.4, -0.2) is 34.8 Å². The Morgan fingerprint density at radius 3 is 3.06 bits per heavy atom. The second-order valence-electron chi connectivity index (χ2n) is 3.83. The van der Waals surface area contributed by atoms with Gasteiger partial charge in [-0.1, -0.05) is 0 Å². The first-order chi connectivity index (χ1) is 7.66. The molecule has 0 atom stereocenters. The van der Waals surface area contributed by atoms with Gasteiger partial charge in [-0.2, -0.15) is 0 Å². The van der Waals surface area contributed by atoms with Crippen LogP contribution >= 0.6 is 0 Å². The molecule has 1 aliphatic rings. The Balaban J connectivity index is 2.12. The molecule has 0 radical (unpaired) electrons. The summed E-state index contributed by atoms with van der Waals surface area (Å²) in [5, 5.41) is 2.52. The van der Waals surface area contributed by atoms with E-state index < -0.39 is 0 Å². The molecule has 0 bridgehead atoms. The summed E-state index contributed by atoms with van der Waals surface area (Å²) in [7, 11) is 0. The van der Waals surface area contributed by atoms with Crippen molar-refractivity contribution in [2.45, 2.75) is 13.5 Å². The van der Waals surface area contributed by atoms with Gasteiger partial charge in [-0.15, -0.1) is 0 Å². The van der Waals surface area contributed by atoms with E-state index in [0.717, 1.165) is 11.1 Å². The SMILES string of the molecule is Cc1cnccc1CN1CC(=O)NCC1=O. The van der Waals surface area contributed by atoms with Gasteiger partial charge in [-0.3, -0.25) is 14.6 Å². The first-order valence-corrected chi connectivity index (χ1v) is 5.11. The average molecular weight is 219 g/mol. The number of nitrogens with one attached hydrogen (secondary N) is 1. The monoisotopic (exact) mass is 219 g/mol. The molecule has 2 amide bonds. The van der Waals surface area contributed by atoms with E-state index in [1.54, 1.807) is 17.3 Å². The third kappa shape index (κ3) is 2.18. The maximum atomic E-state index is 11.6. The van der Waals surface area contributed by atoms with Gasteiger partial charge in [0.15, 0.2) is 0 Å². The number of carbonyl (C=O) groups excluding carboxylic acids is 2. The van der Waals surface area contributed by atoms with Crippen LogP contribution in [0.4, 0.5) is 0 Å². The highest BCUT2D eigenvalue weighted by molar-refractivity contribution is 5.92. The lowest BCUT2D eigenvalue weighted by Gasteiger charge is -2.27. The fraction of sp³-hybridized carbons (Fsp3) is 0.364. The van der Waals surface area contributed by atoms with Crippen LogP contribution in [0, 0.1) is 6.92 Å². The first kappa shape index (κ1) is 10.6. The van der Waals surface area contributed by atoms with Gasteiger partial charge in [0.05, 0.1) is 13.1 Å². The second-order valence-corrected chi connectivity index (χ2v) is 3.83. The van der Waals surface area contributed by atoms with Crippen LogP contribution in [0.1, 0.15) is 11.1 Å². The lowest BCUT2D eigenvalue weighted by molar-refractivity contribution is -0.141. The lowest BCUT2D eigenvalue weighted by atomic mass is 10.1. The zero-order chi connectivity index (χ0) is 11.5. The summed E-state index contributed by atoms with van der Waals surface area (Å²) < 4.78 is 0. The fourth-order valence-corrected chi connectivity index (χ4v) is 1.63. The molecule has 0 unspecified atom stereocenters. The van der Waals surface area contributed by atoms with E-state index in [2.05, 4.69) is 10.3 Å². The van der Waals surface area contributed by atoms with Crippen molar-refractivity contribution < 1.29 is 9.59 Å². The Bertz CT molecular complexity index is 431. The standard InChI is InChI=1S/C11H13N3O2/c1-8-4-12-3-2-9(8)6-14-7-10(15)13-5-11(14)16/h2-4H,5-7H2,1H3,(H,13,15). The Morgan fingerprint density at radius 2 is 2.31 bits per heavy atom. The molecule has 2 heterocycles. The van der Waals surface area contributed by atoms with Crippen LogP contribution in [0.25, 0.3) is 0 Å². The molecule has 0 spiro atoms. The van der Waals surface area contributed by atoms with E-state index in [4.69, 9.17) is 0 Å². The number of hydrogen-bond acceptors (Lipinski definition) is 3. The topological polar surface area (TPSA) is 62.3 Å². The molecule has 1 fully saturated rings. The van der Waals surface area contributed by atoms with Gasteiger partial charge >= 0.3 is 0 Å². The highest BCUT2D eigenvalue weighted by atomic mass is 16.2. The average Bonchev–Trinajstić information content (AvgIpc) is 2.27. The molecule has 2 rings (SSSR count). The van der Waals surface area contributed by atoms with Gasteiger partial charge in [0, 0.05) is 18.9 Å². The Hall–Kier alpha value is -1.91. The molecule has 16 heavy (non-hydrogen) atoms. The highest BCUT2D eigenvalue weighted by Crippen LogP contribution is 2.10. The summed E-state index contributed by atoms with van der Waals surface area (Å²) in [6.07, 6.45) is 3.45. The number of nitrogens with zero attached hydrogens (tertiary/aromatic N) is 2. The van der Waals surface area contributed by atoms with Crippen LogP contribution in [-0.2, 0) is 16.1 Å². The highest BCUT2D eigenvalue weighted by Gasteiger charge is 2.23. The van der Waals surface area contributed by atoms with E-state index in [1.165, 1.54) is 0 Å². The molecule has 5 nitrogen and oxygen atoms in total. The van der Waals surface area contributed by atoms with Crippen molar-refractivity contribution >= 4 is 11.8 Å². The number of piperazine rings is 1. The van der Waals surface area contributed by atoms with Crippen molar-refractivity contribution in [2.24, 2.45) is 0 Å². The summed E-state index contributed by atoms with van der Waals surface area (Å²) in [4.78, 5) is 28.3. The molecule has 84 valence electrons. The van der Waals surface area contributed by atoms with Crippen LogP contribution in [0.2, 0.25) is 0 Å². The van der Waals surface area contributed by atoms with Crippen molar-refractivity contribution in [3.8, 4) is 0 Å². The molecule has 0 saturated carbocycles. The van der Waals surface area contributed by atoms with E-state index in [-0.39, 0.29) is 24.9 Å². The third-order valence-corrected chi connectivity index (χ3v) is 2.62. The van der Waals surface area contributed by atoms with Gasteiger partial charge < -0.3 is 10.2 Å². The minimum absolute atomic E-state index is 0.0455. The van der Waals surface area contributed by atoms with Crippen LogP contribution in [0.3, 0.4) is 0 Å². The molecular weight excluding hydrogens is 206 g/mol. The summed E-state index contributed by atoms with van der Waals surface area (Å²) >= 11 is 0. The lowest BCUT2D eigenvalue weighted by Crippen LogP contribution is -2.51. The summed E-state index contributed by atoms with van der Waals surface area (Å²) in [5.74, 6) is -0.151. The number of aryl methyl sites for hydroxylation is 1. The Kier molecular flexibility index (Phi) is 2.85. The predicted octanol–water partition coefficient (Wildman–Crippen LogP) is -0.152. The number of amides is 2. The largest absolute Gasteiger partial charge is 0.345 e. The van der Waals surface area contributed by atoms with E-state index in [0.29, 0.717) is 6.54 Å². The number of aromatic nitrogens is 1. The molecule has 5 heteroatoms. The van der Waals surface area contributed by atoms with E-state index >= 15 is 0 Å². The van der Waals surface area contributed by atoms with E-state index in [9.17, 15) is 9.59 Å². The van der Waals surface area contributed by atoms with Crippen molar-refractivity contribution in [1.82, 2.24) is 15.2 Å². The molecule has 1 aromatic heterocycles. The maximum Gasteiger partial charge on any atom is 0.242 e. The van der Waals surface area contributed by atoms with Crippen LogP contribution < -0.4 is 5.32 Å². The van der Waals surface area contributed by atoms with Crippen molar-refractivity contribution in [1.29, 1.82) is 0 Å². The van der Waals surface area contributed by atoms with Crippen molar-refractivity contribution in [2.75, 3.05) is 13.1 Å². The third-order valence-electron chi connectivity index (χ3n) is 2.62. The number of hydrogen-bond donors (Lipinski definition) is 1. The first-order valence-electron chi connectivity index (χ1n) is 5.11. The second kappa shape index (κ2) is 4.30. The minimum atomic E-state index is -0.105. The summed E-state index contributed by atoms with van der Waals surface area (Å²) in [5.41, 5.74) is 2.05. The van der Waals surface area contributed by atoms with Gasteiger partial charge in [-0.25, -0.2) is 0 Å². The summed E-state index contributed by atoms with van der Waals surface area (Å²) in [6.45, 7) is 2.65. The molecule has 0 aliphatic carbocycles. The number of pyridine rings is 1. The van der Waals surface area contributed by atoms with Gasteiger partial charge in [0.1, 0.15) is 0 Å². The van der Waals surface area contributed by atoms with Gasteiger partial charge in [0.2, 0.25) is 11.8 Å². The molecule has 1 aromatic rings. The molecular formula is C11H13N3O2. The van der Waals surface area contributed by atoms with E-state index in [1.807, 2.05) is 13.0 Å².